The van der Waals surface area contributed by atoms with Crippen molar-refractivity contribution >= 4 is 5.91 Å². The third-order valence-electron chi connectivity index (χ3n) is 3.14. The second kappa shape index (κ2) is 5.12. The van der Waals surface area contributed by atoms with Gasteiger partial charge in [-0.25, -0.2) is 0 Å². The van der Waals surface area contributed by atoms with E-state index in [1.54, 1.807) is 7.11 Å². The van der Waals surface area contributed by atoms with E-state index in [2.05, 4.69) is 5.32 Å². The van der Waals surface area contributed by atoms with Gasteiger partial charge >= 0.3 is 0 Å². The van der Waals surface area contributed by atoms with E-state index in [0.29, 0.717) is 26.2 Å². The minimum atomic E-state index is -0.404. The monoisotopic (exact) mass is 229 g/mol. The summed E-state index contributed by atoms with van der Waals surface area (Å²) in [5, 5.41) is 2.99. The van der Waals surface area contributed by atoms with Crippen LogP contribution < -0.4 is 5.32 Å². The topological polar surface area (TPSA) is 56.8 Å². The van der Waals surface area contributed by atoms with Crippen LogP contribution in [0.25, 0.3) is 0 Å². The number of nitrogens with one attached hydrogen (secondary N) is 1. The van der Waals surface area contributed by atoms with Crippen LogP contribution in [0.15, 0.2) is 0 Å². The highest BCUT2D eigenvalue weighted by atomic mass is 16.7. The first-order chi connectivity index (χ1) is 7.74. The quantitative estimate of drug-likeness (QED) is 0.759. The molecule has 2 fully saturated rings. The maximum absolute atomic E-state index is 11.5. The standard InChI is InChI=1S/C11H19NO4/c1-14-5-3-10(13)12-9-2-4-11(8-9)15-6-7-16-11/h9H,2-8H2,1H3,(H,12,13)/t9-/m1/s1. The van der Waals surface area contributed by atoms with Gasteiger partial charge in [-0.2, -0.15) is 0 Å². The number of carbonyl (C=O) groups excluding carboxylic acids is 1. The Kier molecular flexibility index (Phi) is 3.78. The molecule has 2 rings (SSSR count). The number of rotatable bonds is 4. The summed E-state index contributed by atoms with van der Waals surface area (Å²) < 4.78 is 16.1. The van der Waals surface area contributed by atoms with Crippen LogP contribution in [-0.2, 0) is 19.0 Å². The van der Waals surface area contributed by atoms with Gasteiger partial charge in [0, 0.05) is 32.4 Å². The van der Waals surface area contributed by atoms with Crippen molar-refractivity contribution in [2.24, 2.45) is 0 Å². The first kappa shape index (κ1) is 11.8. The maximum Gasteiger partial charge on any atom is 0.222 e. The van der Waals surface area contributed by atoms with E-state index in [9.17, 15) is 4.79 Å². The first-order valence-corrected chi connectivity index (χ1v) is 5.80. The number of amides is 1. The fourth-order valence-electron chi connectivity index (χ4n) is 2.35. The van der Waals surface area contributed by atoms with Crippen molar-refractivity contribution in [3.05, 3.63) is 0 Å². The molecule has 2 aliphatic rings. The lowest BCUT2D eigenvalue weighted by Crippen LogP contribution is -2.36. The Morgan fingerprint density at radius 1 is 1.50 bits per heavy atom. The van der Waals surface area contributed by atoms with Crippen LogP contribution in [0.2, 0.25) is 0 Å². The third kappa shape index (κ3) is 2.72. The van der Waals surface area contributed by atoms with Crippen molar-refractivity contribution in [3.63, 3.8) is 0 Å². The molecule has 16 heavy (non-hydrogen) atoms. The Balaban J connectivity index is 1.74. The summed E-state index contributed by atoms with van der Waals surface area (Å²) in [5.74, 6) is -0.360. The van der Waals surface area contributed by atoms with Gasteiger partial charge in [-0.1, -0.05) is 0 Å². The summed E-state index contributed by atoms with van der Waals surface area (Å²) in [5.41, 5.74) is 0. The summed E-state index contributed by atoms with van der Waals surface area (Å²) >= 11 is 0. The third-order valence-corrected chi connectivity index (χ3v) is 3.14. The zero-order valence-corrected chi connectivity index (χ0v) is 9.66. The molecule has 1 amide bonds. The van der Waals surface area contributed by atoms with Crippen molar-refractivity contribution in [1.29, 1.82) is 0 Å². The van der Waals surface area contributed by atoms with Crippen LogP contribution in [0.5, 0.6) is 0 Å². The van der Waals surface area contributed by atoms with Crippen molar-refractivity contribution in [2.75, 3.05) is 26.9 Å². The second-order valence-electron chi connectivity index (χ2n) is 4.36. The summed E-state index contributed by atoms with van der Waals surface area (Å²) in [6.07, 6.45) is 2.99. The molecule has 1 atom stereocenters. The number of ether oxygens (including phenoxy) is 3. The predicted molar refractivity (Wildman–Crippen MR) is 56.9 cm³/mol. The minimum absolute atomic E-state index is 0.0434. The molecule has 1 N–H and O–H groups in total. The molecule has 1 aliphatic heterocycles. The van der Waals surface area contributed by atoms with Crippen LogP contribution in [0, 0.1) is 0 Å². The molecular formula is C11H19NO4. The number of methoxy groups -OCH3 is 1. The molecule has 0 aromatic carbocycles. The van der Waals surface area contributed by atoms with Crippen molar-refractivity contribution < 1.29 is 19.0 Å². The Hall–Kier alpha value is -0.650. The zero-order valence-electron chi connectivity index (χ0n) is 9.66. The number of hydrogen-bond donors (Lipinski definition) is 1. The van der Waals surface area contributed by atoms with Gasteiger partial charge in [0.2, 0.25) is 5.91 Å². The molecule has 0 aromatic heterocycles. The summed E-state index contributed by atoms with van der Waals surface area (Å²) in [6.45, 7) is 1.81. The van der Waals surface area contributed by atoms with Gasteiger partial charge in [0.25, 0.3) is 0 Å². The largest absolute Gasteiger partial charge is 0.384 e. The van der Waals surface area contributed by atoms with E-state index < -0.39 is 5.79 Å². The van der Waals surface area contributed by atoms with Gasteiger partial charge in [-0.3, -0.25) is 4.79 Å². The lowest BCUT2D eigenvalue weighted by Gasteiger charge is -2.21. The average Bonchev–Trinajstić information content (AvgIpc) is 2.87. The summed E-state index contributed by atoms with van der Waals surface area (Å²) in [4.78, 5) is 11.5. The highest BCUT2D eigenvalue weighted by Gasteiger charge is 2.44. The fraction of sp³-hybridized carbons (Fsp3) is 0.909. The Morgan fingerprint density at radius 3 is 2.94 bits per heavy atom. The first-order valence-electron chi connectivity index (χ1n) is 5.80. The molecule has 1 spiro atoms. The van der Waals surface area contributed by atoms with Gasteiger partial charge in [0.15, 0.2) is 5.79 Å². The second-order valence-corrected chi connectivity index (χ2v) is 4.36. The lowest BCUT2D eigenvalue weighted by molar-refractivity contribution is -0.151. The molecule has 0 aromatic rings. The fourth-order valence-corrected chi connectivity index (χ4v) is 2.35. The maximum atomic E-state index is 11.5. The number of hydrogen-bond acceptors (Lipinski definition) is 4. The van der Waals surface area contributed by atoms with E-state index >= 15 is 0 Å². The Bertz CT molecular complexity index is 250. The van der Waals surface area contributed by atoms with Gasteiger partial charge < -0.3 is 19.5 Å². The van der Waals surface area contributed by atoms with Crippen LogP contribution in [0.4, 0.5) is 0 Å². The van der Waals surface area contributed by atoms with Crippen molar-refractivity contribution in [3.8, 4) is 0 Å². The SMILES string of the molecule is COCCC(=O)N[C@@H]1CCC2(C1)OCCO2. The summed E-state index contributed by atoms with van der Waals surface area (Å²) in [6, 6.07) is 0.183. The van der Waals surface area contributed by atoms with Crippen LogP contribution in [0.3, 0.4) is 0 Å². The molecule has 0 unspecified atom stereocenters. The molecule has 92 valence electrons. The van der Waals surface area contributed by atoms with Gasteiger partial charge in [-0.15, -0.1) is 0 Å². The predicted octanol–water partition coefficient (Wildman–Crippen LogP) is 0.435. The molecule has 1 heterocycles. The van der Waals surface area contributed by atoms with E-state index in [0.717, 1.165) is 19.3 Å². The molecular weight excluding hydrogens is 210 g/mol. The van der Waals surface area contributed by atoms with E-state index in [1.165, 1.54) is 0 Å². The Morgan fingerprint density at radius 2 is 2.25 bits per heavy atom. The average molecular weight is 229 g/mol. The van der Waals surface area contributed by atoms with Crippen LogP contribution >= 0.6 is 0 Å². The van der Waals surface area contributed by atoms with Crippen molar-refractivity contribution in [1.82, 2.24) is 5.32 Å². The van der Waals surface area contributed by atoms with Crippen molar-refractivity contribution in [2.45, 2.75) is 37.5 Å². The molecule has 1 saturated carbocycles. The number of carbonyl (C=O) groups is 1. The van der Waals surface area contributed by atoms with E-state index in [-0.39, 0.29) is 11.9 Å². The molecule has 5 nitrogen and oxygen atoms in total. The lowest BCUT2D eigenvalue weighted by atomic mass is 10.2. The molecule has 1 saturated heterocycles. The zero-order chi connectivity index (χ0) is 11.4. The van der Waals surface area contributed by atoms with Gasteiger partial charge in [-0.05, 0) is 6.42 Å². The van der Waals surface area contributed by atoms with E-state index in [4.69, 9.17) is 14.2 Å². The molecule has 1 aliphatic carbocycles. The molecule has 0 radical (unpaired) electrons. The van der Waals surface area contributed by atoms with Crippen LogP contribution in [-0.4, -0.2) is 44.7 Å². The van der Waals surface area contributed by atoms with Gasteiger partial charge in [0.05, 0.1) is 19.8 Å². The minimum Gasteiger partial charge on any atom is -0.384 e. The normalized spacial score (nSPS) is 27.4. The van der Waals surface area contributed by atoms with Crippen LogP contribution in [0.1, 0.15) is 25.7 Å². The molecule has 0 bridgehead atoms. The highest BCUT2D eigenvalue weighted by Crippen LogP contribution is 2.37. The highest BCUT2D eigenvalue weighted by molar-refractivity contribution is 5.76. The van der Waals surface area contributed by atoms with Gasteiger partial charge in [0.1, 0.15) is 0 Å². The van der Waals surface area contributed by atoms with E-state index in [1.807, 2.05) is 0 Å². The molecule has 5 heteroatoms. The Labute approximate surface area is 95.4 Å². The smallest absolute Gasteiger partial charge is 0.222 e. The summed E-state index contributed by atoms with van der Waals surface area (Å²) in [7, 11) is 1.60.